The lowest BCUT2D eigenvalue weighted by molar-refractivity contribution is -0.157. The van der Waals surface area contributed by atoms with E-state index in [0.717, 1.165) is 5.56 Å². The molecule has 0 saturated carbocycles. The monoisotopic (exact) mass is 193 g/mol. The summed E-state index contributed by atoms with van der Waals surface area (Å²) in [5, 5.41) is 10.1. The molecule has 3 nitrogen and oxygen atoms in total. The molecular formula is C11H15NO2. The highest BCUT2D eigenvalue weighted by molar-refractivity contribution is 5.29. The standard InChI is InChI=1S/C11H15NO2/c1-10(2,13)11(7-14-8-11)9-4-3-5-12-6-9/h3-6,13H,7-8H2,1-2H3. The first-order chi connectivity index (χ1) is 6.56. The number of nitrogens with zero attached hydrogens (tertiary/aromatic N) is 1. The number of rotatable bonds is 2. The molecule has 0 radical (unpaired) electrons. The van der Waals surface area contributed by atoms with Gasteiger partial charge in [0.15, 0.2) is 0 Å². The molecule has 1 saturated heterocycles. The second-order valence-corrected chi connectivity index (χ2v) is 4.38. The lowest BCUT2D eigenvalue weighted by Gasteiger charge is -2.49. The van der Waals surface area contributed by atoms with Gasteiger partial charge in [-0.05, 0) is 25.5 Å². The van der Waals surface area contributed by atoms with E-state index >= 15 is 0 Å². The minimum absolute atomic E-state index is 0.277. The molecule has 0 aromatic carbocycles. The number of hydrogen-bond acceptors (Lipinski definition) is 3. The molecule has 0 bridgehead atoms. The molecule has 1 aromatic heterocycles. The average molecular weight is 193 g/mol. The first-order valence-electron chi connectivity index (χ1n) is 4.77. The third kappa shape index (κ3) is 1.24. The Hall–Kier alpha value is -0.930. The molecule has 1 N–H and O–H groups in total. The molecule has 0 amide bonds. The van der Waals surface area contributed by atoms with Crippen molar-refractivity contribution >= 4 is 0 Å². The second kappa shape index (κ2) is 3.04. The Morgan fingerprint density at radius 3 is 2.57 bits per heavy atom. The summed E-state index contributed by atoms with van der Waals surface area (Å²) in [6, 6.07) is 3.88. The Kier molecular flexibility index (Phi) is 2.09. The van der Waals surface area contributed by atoms with E-state index in [9.17, 15) is 5.11 Å². The number of aromatic nitrogens is 1. The number of ether oxygens (including phenoxy) is 1. The highest BCUT2D eigenvalue weighted by atomic mass is 16.5. The smallest absolute Gasteiger partial charge is 0.0733 e. The average Bonchev–Trinajstić information content (AvgIpc) is 2.01. The molecule has 76 valence electrons. The molecule has 2 rings (SSSR count). The highest BCUT2D eigenvalue weighted by Gasteiger charge is 2.51. The first-order valence-corrected chi connectivity index (χ1v) is 4.77. The molecule has 0 spiro atoms. The predicted octanol–water partition coefficient (Wildman–Crippen LogP) is 1.12. The van der Waals surface area contributed by atoms with Crippen LogP contribution in [0.1, 0.15) is 19.4 Å². The van der Waals surface area contributed by atoms with E-state index < -0.39 is 5.60 Å². The number of pyridine rings is 1. The van der Waals surface area contributed by atoms with Crippen LogP contribution in [0.2, 0.25) is 0 Å². The van der Waals surface area contributed by atoms with Crippen LogP contribution in [0.3, 0.4) is 0 Å². The van der Waals surface area contributed by atoms with Gasteiger partial charge in [0, 0.05) is 12.4 Å². The van der Waals surface area contributed by atoms with E-state index in [1.165, 1.54) is 0 Å². The minimum Gasteiger partial charge on any atom is -0.389 e. The molecule has 0 atom stereocenters. The topological polar surface area (TPSA) is 42.4 Å². The Labute approximate surface area is 83.7 Å². The van der Waals surface area contributed by atoms with E-state index in [-0.39, 0.29) is 5.41 Å². The number of hydrogen-bond donors (Lipinski definition) is 1. The molecule has 1 fully saturated rings. The predicted molar refractivity (Wildman–Crippen MR) is 53.0 cm³/mol. The van der Waals surface area contributed by atoms with Gasteiger partial charge >= 0.3 is 0 Å². The third-order valence-electron chi connectivity index (χ3n) is 3.08. The summed E-state index contributed by atoms with van der Waals surface area (Å²) in [7, 11) is 0. The quantitative estimate of drug-likeness (QED) is 0.765. The Bertz CT molecular complexity index is 312. The Balaban J connectivity index is 2.39. The van der Waals surface area contributed by atoms with Crippen LogP contribution in [-0.2, 0) is 10.2 Å². The van der Waals surface area contributed by atoms with Crippen molar-refractivity contribution in [2.45, 2.75) is 24.9 Å². The largest absolute Gasteiger partial charge is 0.389 e. The third-order valence-corrected chi connectivity index (χ3v) is 3.08. The van der Waals surface area contributed by atoms with Crippen LogP contribution in [0.4, 0.5) is 0 Å². The van der Waals surface area contributed by atoms with E-state index in [1.807, 2.05) is 26.0 Å². The summed E-state index contributed by atoms with van der Waals surface area (Å²) in [6.45, 7) is 4.79. The van der Waals surface area contributed by atoms with Crippen molar-refractivity contribution < 1.29 is 9.84 Å². The van der Waals surface area contributed by atoms with Crippen molar-refractivity contribution in [2.75, 3.05) is 13.2 Å². The van der Waals surface area contributed by atoms with Crippen LogP contribution in [0.15, 0.2) is 24.5 Å². The van der Waals surface area contributed by atoms with Crippen molar-refractivity contribution in [1.29, 1.82) is 0 Å². The lowest BCUT2D eigenvalue weighted by Crippen LogP contribution is -2.60. The van der Waals surface area contributed by atoms with Gasteiger partial charge in [-0.3, -0.25) is 4.98 Å². The highest BCUT2D eigenvalue weighted by Crippen LogP contribution is 2.41. The molecule has 14 heavy (non-hydrogen) atoms. The maximum atomic E-state index is 10.1. The fraction of sp³-hybridized carbons (Fsp3) is 0.545. The SMILES string of the molecule is CC(C)(O)C1(c2cccnc2)COC1. The zero-order valence-electron chi connectivity index (χ0n) is 8.53. The molecule has 1 aromatic rings. The van der Waals surface area contributed by atoms with Crippen molar-refractivity contribution in [3.8, 4) is 0 Å². The Morgan fingerprint density at radius 1 is 1.50 bits per heavy atom. The van der Waals surface area contributed by atoms with Crippen LogP contribution >= 0.6 is 0 Å². The van der Waals surface area contributed by atoms with Gasteiger partial charge in [-0.25, -0.2) is 0 Å². The fourth-order valence-corrected chi connectivity index (χ4v) is 1.83. The van der Waals surface area contributed by atoms with Gasteiger partial charge in [0.05, 0.1) is 24.2 Å². The van der Waals surface area contributed by atoms with Gasteiger partial charge < -0.3 is 9.84 Å². The van der Waals surface area contributed by atoms with Crippen LogP contribution in [0.25, 0.3) is 0 Å². The van der Waals surface area contributed by atoms with Gasteiger partial charge in [0.2, 0.25) is 0 Å². The molecule has 0 aliphatic carbocycles. The molecule has 1 aliphatic rings. The van der Waals surface area contributed by atoms with Crippen molar-refractivity contribution in [3.05, 3.63) is 30.1 Å². The van der Waals surface area contributed by atoms with Gasteiger partial charge in [0.1, 0.15) is 0 Å². The van der Waals surface area contributed by atoms with Crippen LogP contribution in [0.5, 0.6) is 0 Å². The maximum Gasteiger partial charge on any atom is 0.0733 e. The molecule has 3 heteroatoms. The summed E-state index contributed by atoms with van der Waals surface area (Å²) < 4.78 is 5.23. The summed E-state index contributed by atoms with van der Waals surface area (Å²) in [5.74, 6) is 0. The van der Waals surface area contributed by atoms with E-state index in [0.29, 0.717) is 13.2 Å². The first kappa shape index (κ1) is 9.62. The lowest BCUT2D eigenvalue weighted by atomic mass is 9.68. The molecule has 0 unspecified atom stereocenters. The van der Waals surface area contributed by atoms with Crippen molar-refractivity contribution in [2.24, 2.45) is 0 Å². The molecule has 1 aliphatic heterocycles. The zero-order valence-corrected chi connectivity index (χ0v) is 8.53. The summed E-state index contributed by atoms with van der Waals surface area (Å²) in [5.41, 5.74) is 0.00831. The fourth-order valence-electron chi connectivity index (χ4n) is 1.83. The van der Waals surface area contributed by atoms with E-state index in [1.54, 1.807) is 12.4 Å². The summed E-state index contributed by atoms with van der Waals surface area (Å²) in [6.07, 6.45) is 3.54. The van der Waals surface area contributed by atoms with Gasteiger partial charge in [-0.15, -0.1) is 0 Å². The van der Waals surface area contributed by atoms with Gasteiger partial charge in [0.25, 0.3) is 0 Å². The normalized spacial score (nSPS) is 20.2. The summed E-state index contributed by atoms with van der Waals surface area (Å²) in [4.78, 5) is 4.08. The zero-order chi connectivity index (χ0) is 10.2. The minimum atomic E-state index is -0.770. The molecule has 2 heterocycles. The van der Waals surface area contributed by atoms with Crippen molar-refractivity contribution in [3.63, 3.8) is 0 Å². The van der Waals surface area contributed by atoms with Gasteiger partial charge in [-0.1, -0.05) is 6.07 Å². The Morgan fingerprint density at radius 2 is 2.21 bits per heavy atom. The second-order valence-electron chi connectivity index (χ2n) is 4.38. The number of aliphatic hydroxyl groups is 1. The van der Waals surface area contributed by atoms with E-state index in [2.05, 4.69) is 4.98 Å². The van der Waals surface area contributed by atoms with Crippen molar-refractivity contribution in [1.82, 2.24) is 4.98 Å². The summed E-state index contributed by atoms with van der Waals surface area (Å²) >= 11 is 0. The van der Waals surface area contributed by atoms with Crippen LogP contribution in [-0.4, -0.2) is 28.9 Å². The van der Waals surface area contributed by atoms with Crippen LogP contribution in [0, 0.1) is 0 Å². The van der Waals surface area contributed by atoms with E-state index in [4.69, 9.17) is 4.74 Å². The molecular weight excluding hydrogens is 178 g/mol. The van der Waals surface area contributed by atoms with Crippen LogP contribution < -0.4 is 0 Å². The maximum absolute atomic E-state index is 10.1. The van der Waals surface area contributed by atoms with Gasteiger partial charge in [-0.2, -0.15) is 0 Å².